The Bertz CT molecular complexity index is 1000. The molecule has 4 nitrogen and oxygen atoms in total. The second kappa shape index (κ2) is 5.79. The van der Waals surface area contributed by atoms with Gasteiger partial charge < -0.3 is 4.18 Å². The van der Waals surface area contributed by atoms with Gasteiger partial charge in [0.1, 0.15) is 5.75 Å². The molecule has 3 aromatic rings. The van der Waals surface area contributed by atoms with Gasteiger partial charge in [-0.15, -0.1) is 0 Å². The van der Waals surface area contributed by atoms with Crippen LogP contribution in [0.15, 0.2) is 60.8 Å². The monoisotopic (exact) mass is 353 g/mol. The van der Waals surface area contributed by atoms with Crippen molar-refractivity contribution in [3.8, 4) is 17.0 Å². The van der Waals surface area contributed by atoms with Crippen LogP contribution in [0.4, 0.5) is 13.2 Å². The van der Waals surface area contributed by atoms with Crippen LogP contribution in [-0.2, 0) is 10.1 Å². The zero-order valence-electron chi connectivity index (χ0n) is 12.0. The molecule has 0 atom stereocenters. The summed E-state index contributed by atoms with van der Waals surface area (Å²) >= 11 is 0. The predicted octanol–water partition coefficient (Wildman–Crippen LogP) is 4.13. The van der Waals surface area contributed by atoms with Crippen LogP contribution in [-0.4, -0.2) is 18.9 Å². The Morgan fingerprint density at radius 3 is 2.33 bits per heavy atom. The summed E-state index contributed by atoms with van der Waals surface area (Å²) in [6.07, 6.45) is 1.63. The molecule has 0 fully saturated rings. The van der Waals surface area contributed by atoms with Gasteiger partial charge in [-0.1, -0.05) is 36.4 Å². The van der Waals surface area contributed by atoms with Crippen molar-refractivity contribution in [2.24, 2.45) is 0 Å². The molecule has 3 rings (SSSR count). The van der Waals surface area contributed by atoms with E-state index in [0.29, 0.717) is 11.3 Å². The topological polar surface area (TPSA) is 56.3 Å². The van der Waals surface area contributed by atoms with E-state index in [-0.39, 0.29) is 0 Å². The molecular weight excluding hydrogens is 343 g/mol. The van der Waals surface area contributed by atoms with Gasteiger partial charge in [-0.25, -0.2) is 0 Å². The van der Waals surface area contributed by atoms with E-state index >= 15 is 0 Å². The summed E-state index contributed by atoms with van der Waals surface area (Å²) in [5.74, 6) is -0.431. The SMILES string of the molecule is O=S(=O)(Oc1cccc(-c2cc3ccccc3cn2)c1)C(F)(F)F. The van der Waals surface area contributed by atoms with E-state index in [4.69, 9.17) is 0 Å². The molecule has 2 aromatic carbocycles. The number of benzene rings is 2. The Hall–Kier alpha value is -2.61. The van der Waals surface area contributed by atoms with E-state index < -0.39 is 21.4 Å². The molecule has 0 N–H and O–H groups in total. The van der Waals surface area contributed by atoms with Crippen molar-refractivity contribution in [2.45, 2.75) is 5.51 Å². The van der Waals surface area contributed by atoms with Crippen molar-refractivity contribution < 1.29 is 25.8 Å². The number of pyridine rings is 1. The molecule has 0 spiro atoms. The van der Waals surface area contributed by atoms with Crippen LogP contribution >= 0.6 is 0 Å². The molecule has 8 heteroatoms. The number of nitrogens with zero attached hydrogens (tertiary/aromatic N) is 1. The third kappa shape index (κ3) is 3.18. The molecule has 0 radical (unpaired) electrons. The van der Waals surface area contributed by atoms with Crippen LogP contribution in [0.25, 0.3) is 22.0 Å². The zero-order chi connectivity index (χ0) is 17.4. The van der Waals surface area contributed by atoms with Gasteiger partial charge >= 0.3 is 15.6 Å². The predicted molar refractivity (Wildman–Crippen MR) is 82.8 cm³/mol. The lowest BCUT2D eigenvalue weighted by atomic mass is 10.1. The minimum atomic E-state index is -5.70. The van der Waals surface area contributed by atoms with E-state index in [1.807, 2.05) is 24.3 Å². The molecule has 0 saturated carbocycles. The summed E-state index contributed by atoms with van der Waals surface area (Å²) in [5.41, 5.74) is -4.55. The van der Waals surface area contributed by atoms with Crippen molar-refractivity contribution >= 4 is 20.9 Å². The van der Waals surface area contributed by atoms with Gasteiger partial charge in [0.25, 0.3) is 0 Å². The fraction of sp³-hybridized carbons (Fsp3) is 0.0625. The first-order valence-electron chi connectivity index (χ1n) is 6.72. The number of hydrogen-bond donors (Lipinski definition) is 0. The van der Waals surface area contributed by atoms with Crippen LogP contribution in [0.3, 0.4) is 0 Å². The third-order valence-electron chi connectivity index (χ3n) is 3.25. The molecule has 1 heterocycles. The summed E-state index contributed by atoms with van der Waals surface area (Å²) in [5, 5.41) is 1.81. The molecule has 1 aromatic heterocycles. The highest BCUT2D eigenvalue weighted by Gasteiger charge is 2.48. The minimum absolute atomic E-state index is 0.431. The highest BCUT2D eigenvalue weighted by atomic mass is 32.2. The number of halogens is 3. The zero-order valence-corrected chi connectivity index (χ0v) is 12.8. The van der Waals surface area contributed by atoms with Crippen molar-refractivity contribution in [3.63, 3.8) is 0 Å². The maximum absolute atomic E-state index is 12.4. The summed E-state index contributed by atoms with van der Waals surface area (Å²) in [4.78, 5) is 4.24. The van der Waals surface area contributed by atoms with Crippen molar-refractivity contribution in [1.29, 1.82) is 0 Å². The van der Waals surface area contributed by atoms with Gasteiger partial charge in [0.15, 0.2) is 0 Å². The molecular formula is C16H10F3NO3S. The molecule has 0 unspecified atom stereocenters. The lowest BCUT2D eigenvalue weighted by Gasteiger charge is -2.10. The van der Waals surface area contributed by atoms with Gasteiger partial charge in [-0.2, -0.15) is 21.6 Å². The minimum Gasteiger partial charge on any atom is -0.376 e. The Balaban J connectivity index is 1.98. The lowest BCUT2D eigenvalue weighted by Crippen LogP contribution is -2.28. The largest absolute Gasteiger partial charge is 0.534 e. The molecule has 0 aliphatic rings. The number of hydrogen-bond acceptors (Lipinski definition) is 4. The number of aromatic nitrogens is 1. The molecule has 24 heavy (non-hydrogen) atoms. The average Bonchev–Trinajstić information content (AvgIpc) is 2.53. The Morgan fingerprint density at radius 1 is 0.917 bits per heavy atom. The maximum atomic E-state index is 12.4. The first kappa shape index (κ1) is 16.3. The highest BCUT2D eigenvalue weighted by molar-refractivity contribution is 7.88. The second-order valence-corrected chi connectivity index (χ2v) is 6.47. The molecule has 0 aliphatic carbocycles. The first-order chi connectivity index (χ1) is 11.3. The number of alkyl halides is 3. The normalized spacial score (nSPS) is 12.3. The Kier molecular flexibility index (Phi) is 3.92. The fourth-order valence-electron chi connectivity index (χ4n) is 2.12. The maximum Gasteiger partial charge on any atom is 0.534 e. The van der Waals surface area contributed by atoms with Crippen LogP contribution < -0.4 is 4.18 Å². The van der Waals surface area contributed by atoms with E-state index in [9.17, 15) is 21.6 Å². The fourth-order valence-corrected chi connectivity index (χ4v) is 2.57. The van der Waals surface area contributed by atoms with Crippen molar-refractivity contribution in [1.82, 2.24) is 4.98 Å². The first-order valence-corrected chi connectivity index (χ1v) is 8.13. The molecule has 0 amide bonds. The molecule has 124 valence electrons. The smallest absolute Gasteiger partial charge is 0.376 e. The summed E-state index contributed by atoms with van der Waals surface area (Å²) < 4.78 is 63.5. The van der Waals surface area contributed by atoms with E-state index in [0.717, 1.165) is 16.8 Å². The quantitative estimate of drug-likeness (QED) is 0.525. The number of fused-ring (bicyclic) bond motifs is 1. The van der Waals surface area contributed by atoms with Crippen LogP contribution in [0.1, 0.15) is 0 Å². The van der Waals surface area contributed by atoms with E-state index in [2.05, 4.69) is 9.17 Å². The standard InChI is InChI=1S/C16H10F3NO3S/c17-16(18,19)24(21,22)23-14-7-3-6-12(8-14)15-9-11-4-1-2-5-13(11)10-20-15/h1-10H. The van der Waals surface area contributed by atoms with Gasteiger partial charge in [-0.3, -0.25) is 4.98 Å². The number of rotatable bonds is 3. The van der Waals surface area contributed by atoms with Crippen LogP contribution in [0.2, 0.25) is 0 Å². The summed E-state index contributed by atoms with van der Waals surface area (Å²) in [7, 11) is -5.70. The van der Waals surface area contributed by atoms with Crippen LogP contribution in [0.5, 0.6) is 5.75 Å². The third-order valence-corrected chi connectivity index (χ3v) is 4.23. The molecule has 0 aliphatic heterocycles. The highest BCUT2D eigenvalue weighted by Crippen LogP contribution is 2.29. The molecule has 0 bridgehead atoms. The van der Waals surface area contributed by atoms with Gasteiger partial charge in [-0.05, 0) is 23.6 Å². The summed E-state index contributed by atoms with van der Waals surface area (Å²) in [6.45, 7) is 0. The summed E-state index contributed by atoms with van der Waals surface area (Å²) in [6, 6.07) is 14.5. The lowest BCUT2D eigenvalue weighted by molar-refractivity contribution is -0.0500. The van der Waals surface area contributed by atoms with Crippen LogP contribution in [0, 0.1) is 0 Å². The Labute approximate surface area is 135 Å². The Morgan fingerprint density at radius 2 is 1.62 bits per heavy atom. The van der Waals surface area contributed by atoms with Gasteiger partial charge in [0, 0.05) is 17.1 Å². The average molecular weight is 353 g/mol. The second-order valence-electron chi connectivity index (χ2n) is 4.93. The van der Waals surface area contributed by atoms with Gasteiger partial charge in [0.2, 0.25) is 0 Å². The van der Waals surface area contributed by atoms with E-state index in [1.165, 1.54) is 12.1 Å². The van der Waals surface area contributed by atoms with Crippen molar-refractivity contribution in [3.05, 3.63) is 60.8 Å². The van der Waals surface area contributed by atoms with E-state index in [1.54, 1.807) is 18.3 Å². The van der Waals surface area contributed by atoms with Crippen molar-refractivity contribution in [2.75, 3.05) is 0 Å². The molecule has 0 saturated heterocycles. The van der Waals surface area contributed by atoms with Gasteiger partial charge in [0.05, 0.1) is 5.69 Å².